The fraction of sp³-hybridized carbons (Fsp3) is 0.588. The molecule has 4 nitrogen and oxygen atoms in total. The molecule has 1 saturated heterocycles. The van der Waals surface area contributed by atoms with Crippen LogP contribution in [0.3, 0.4) is 0 Å². The highest BCUT2D eigenvalue weighted by Crippen LogP contribution is 2.41. The van der Waals surface area contributed by atoms with Crippen LogP contribution in [0.5, 0.6) is 0 Å². The third-order valence-corrected chi connectivity index (χ3v) is 5.21. The number of Topliss-reactive ketones (excluding diaryl/α,β-unsaturated/α-hetero) is 1. The average molecular weight is 288 g/mol. The van der Waals surface area contributed by atoms with Crippen LogP contribution in [0, 0.1) is 5.92 Å². The SMILES string of the molecule is CC(=O)c1ccc(N2CCC3(O)CCCCC3C2)cc1N. The monoisotopic (exact) mass is 288 g/mol. The lowest BCUT2D eigenvalue weighted by molar-refractivity contribution is -0.0612. The van der Waals surface area contributed by atoms with Gasteiger partial charge in [-0.3, -0.25) is 4.79 Å². The molecule has 1 aromatic carbocycles. The van der Waals surface area contributed by atoms with E-state index < -0.39 is 5.60 Å². The second kappa shape index (κ2) is 5.34. The number of nitrogens with two attached hydrogens (primary N) is 1. The summed E-state index contributed by atoms with van der Waals surface area (Å²) in [7, 11) is 0. The Morgan fingerprint density at radius 2 is 2.19 bits per heavy atom. The molecule has 114 valence electrons. The number of hydrogen-bond acceptors (Lipinski definition) is 4. The predicted molar refractivity (Wildman–Crippen MR) is 84.6 cm³/mol. The zero-order valence-electron chi connectivity index (χ0n) is 12.6. The number of rotatable bonds is 2. The van der Waals surface area contributed by atoms with Crippen molar-refractivity contribution in [2.75, 3.05) is 23.7 Å². The Labute approximate surface area is 125 Å². The number of nitrogen functional groups attached to an aromatic ring is 1. The van der Waals surface area contributed by atoms with Crippen molar-refractivity contribution in [3.8, 4) is 0 Å². The van der Waals surface area contributed by atoms with Gasteiger partial charge in [-0.05, 0) is 44.4 Å². The normalized spacial score (nSPS) is 29.0. The molecular formula is C17H24N2O2. The Morgan fingerprint density at radius 1 is 1.38 bits per heavy atom. The topological polar surface area (TPSA) is 66.6 Å². The van der Waals surface area contributed by atoms with Gasteiger partial charge in [0, 0.05) is 35.9 Å². The molecule has 21 heavy (non-hydrogen) atoms. The zero-order valence-corrected chi connectivity index (χ0v) is 12.6. The van der Waals surface area contributed by atoms with Crippen molar-refractivity contribution < 1.29 is 9.90 Å². The minimum atomic E-state index is -0.459. The highest BCUT2D eigenvalue weighted by Gasteiger charge is 2.42. The summed E-state index contributed by atoms with van der Waals surface area (Å²) in [5, 5.41) is 10.7. The first-order valence-corrected chi connectivity index (χ1v) is 7.87. The van der Waals surface area contributed by atoms with E-state index in [9.17, 15) is 9.90 Å². The van der Waals surface area contributed by atoms with Crippen LogP contribution >= 0.6 is 0 Å². The Bertz CT molecular complexity index is 558. The molecular weight excluding hydrogens is 264 g/mol. The Morgan fingerprint density at radius 3 is 2.90 bits per heavy atom. The number of carbonyl (C=O) groups excluding carboxylic acids is 1. The van der Waals surface area contributed by atoms with E-state index in [-0.39, 0.29) is 5.78 Å². The van der Waals surface area contributed by atoms with Crippen molar-refractivity contribution >= 4 is 17.2 Å². The van der Waals surface area contributed by atoms with Crippen molar-refractivity contribution in [2.45, 2.75) is 44.6 Å². The lowest BCUT2D eigenvalue weighted by atomic mass is 9.71. The van der Waals surface area contributed by atoms with Gasteiger partial charge < -0.3 is 15.7 Å². The summed E-state index contributed by atoms with van der Waals surface area (Å²) in [5.41, 5.74) is 7.73. The molecule has 0 bridgehead atoms. The maximum atomic E-state index is 11.5. The van der Waals surface area contributed by atoms with Gasteiger partial charge in [0.2, 0.25) is 0 Å². The number of fused-ring (bicyclic) bond motifs is 1. The molecule has 1 aliphatic heterocycles. The Hall–Kier alpha value is -1.55. The molecule has 0 spiro atoms. The minimum absolute atomic E-state index is 0.000602. The van der Waals surface area contributed by atoms with Gasteiger partial charge in [0.25, 0.3) is 0 Å². The molecule has 2 atom stereocenters. The van der Waals surface area contributed by atoms with Crippen LogP contribution in [-0.4, -0.2) is 29.6 Å². The van der Waals surface area contributed by atoms with Gasteiger partial charge in [0.1, 0.15) is 0 Å². The maximum absolute atomic E-state index is 11.5. The molecule has 3 rings (SSSR count). The number of hydrogen-bond donors (Lipinski definition) is 2. The maximum Gasteiger partial charge on any atom is 0.161 e. The van der Waals surface area contributed by atoms with E-state index in [0.29, 0.717) is 17.2 Å². The molecule has 1 heterocycles. The smallest absolute Gasteiger partial charge is 0.161 e. The first kappa shape index (κ1) is 14.4. The number of ketones is 1. The lowest BCUT2D eigenvalue weighted by Crippen LogP contribution is -2.53. The number of aliphatic hydroxyl groups is 1. The molecule has 0 amide bonds. The molecule has 0 radical (unpaired) electrons. The fourth-order valence-electron chi connectivity index (χ4n) is 3.87. The second-order valence-electron chi connectivity index (χ2n) is 6.57. The van der Waals surface area contributed by atoms with E-state index in [1.807, 2.05) is 18.2 Å². The summed E-state index contributed by atoms with van der Waals surface area (Å²) >= 11 is 0. The lowest BCUT2D eigenvalue weighted by Gasteiger charge is -2.48. The van der Waals surface area contributed by atoms with E-state index in [4.69, 9.17) is 5.73 Å². The van der Waals surface area contributed by atoms with Crippen LogP contribution in [0.2, 0.25) is 0 Å². The number of anilines is 2. The molecule has 4 heteroatoms. The highest BCUT2D eigenvalue weighted by atomic mass is 16.3. The molecule has 1 aromatic rings. The third kappa shape index (κ3) is 2.64. The summed E-state index contributed by atoms with van der Waals surface area (Å²) < 4.78 is 0. The van der Waals surface area contributed by atoms with E-state index in [2.05, 4.69) is 4.90 Å². The Balaban J connectivity index is 1.79. The number of benzene rings is 1. The van der Waals surface area contributed by atoms with Crippen LogP contribution in [0.1, 0.15) is 49.4 Å². The highest BCUT2D eigenvalue weighted by molar-refractivity contribution is 5.99. The molecule has 2 unspecified atom stereocenters. The third-order valence-electron chi connectivity index (χ3n) is 5.21. The van der Waals surface area contributed by atoms with Gasteiger partial charge in [-0.2, -0.15) is 0 Å². The van der Waals surface area contributed by atoms with Crippen LogP contribution in [-0.2, 0) is 0 Å². The zero-order chi connectivity index (χ0) is 15.0. The quantitative estimate of drug-likeness (QED) is 0.648. The minimum Gasteiger partial charge on any atom is -0.398 e. The fourth-order valence-corrected chi connectivity index (χ4v) is 3.87. The Kier molecular flexibility index (Phi) is 3.66. The summed E-state index contributed by atoms with van der Waals surface area (Å²) in [6.45, 7) is 3.27. The van der Waals surface area contributed by atoms with Crippen LogP contribution < -0.4 is 10.6 Å². The van der Waals surface area contributed by atoms with Gasteiger partial charge in [0.15, 0.2) is 5.78 Å². The first-order chi connectivity index (χ1) is 9.99. The van der Waals surface area contributed by atoms with Crippen molar-refractivity contribution in [3.63, 3.8) is 0 Å². The predicted octanol–water partition coefficient (Wildman–Crippen LogP) is 2.60. The number of piperidine rings is 1. The van der Waals surface area contributed by atoms with Crippen LogP contribution in [0.4, 0.5) is 11.4 Å². The first-order valence-electron chi connectivity index (χ1n) is 7.87. The largest absolute Gasteiger partial charge is 0.398 e. The van der Waals surface area contributed by atoms with E-state index in [1.54, 1.807) is 0 Å². The molecule has 1 saturated carbocycles. The molecule has 2 fully saturated rings. The van der Waals surface area contributed by atoms with Crippen LogP contribution in [0.25, 0.3) is 0 Å². The van der Waals surface area contributed by atoms with Gasteiger partial charge in [0.05, 0.1) is 5.60 Å². The standard InChI is InChI=1S/C17H24N2O2/c1-12(20)15-6-5-14(10-16(15)18)19-9-8-17(21)7-3-2-4-13(17)11-19/h5-6,10,13,21H,2-4,7-9,11,18H2,1H3. The summed E-state index contributed by atoms with van der Waals surface area (Å²) in [4.78, 5) is 13.8. The average Bonchev–Trinajstić information content (AvgIpc) is 2.45. The van der Waals surface area contributed by atoms with Crippen molar-refractivity contribution in [2.24, 2.45) is 5.92 Å². The van der Waals surface area contributed by atoms with E-state index >= 15 is 0 Å². The van der Waals surface area contributed by atoms with Gasteiger partial charge in [-0.1, -0.05) is 12.8 Å². The molecule has 1 aliphatic carbocycles. The van der Waals surface area contributed by atoms with E-state index in [0.717, 1.165) is 44.5 Å². The summed E-state index contributed by atoms with van der Waals surface area (Å²) in [6, 6.07) is 5.68. The van der Waals surface area contributed by atoms with Crippen molar-refractivity contribution in [3.05, 3.63) is 23.8 Å². The molecule has 3 N–H and O–H groups in total. The molecule has 0 aromatic heterocycles. The van der Waals surface area contributed by atoms with Gasteiger partial charge in [-0.25, -0.2) is 0 Å². The number of nitrogens with zero attached hydrogens (tertiary/aromatic N) is 1. The summed E-state index contributed by atoms with van der Waals surface area (Å²) in [6.07, 6.45) is 5.23. The number of carbonyl (C=O) groups is 1. The van der Waals surface area contributed by atoms with Crippen molar-refractivity contribution in [1.29, 1.82) is 0 Å². The van der Waals surface area contributed by atoms with E-state index in [1.165, 1.54) is 13.3 Å². The summed E-state index contributed by atoms with van der Waals surface area (Å²) in [5.74, 6) is 0.355. The second-order valence-corrected chi connectivity index (χ2v) is 6.57. The van der Waals surface area contributed by atoms with Gasteiger partial charge >= 0.3 is 0 Å². The van der Waals surface area contributed by atoms with Gasteiger partial charge in [-0.15, -0.1) is 0 Å². The van der Waals surface area contributed by atoms with Crippen molar-refractivity contribution in [1.82, 2.24) is 0 Å². The van der Waals surface area contributed by atoms with Crippen LogP contribution in [0.15, 0.2) is 18.2 Å². The molecule has 2 aliphatic rings.